The van der Waals surface area contributed by atoms with Crippen molar-refractivity contribution in [3.63, 3.8) is 0 Å². The van der Waals surface area contributed by atoms with Gasteiger partial charge in [-0.15, -0.1) is 10.2 Å². The molecule has 0 aliphatic carbocycles. The number of amides is 1. The molecule has 138 valence electrons. The van der Waals surface area contributed by atoms with E-state index < -0.39 is 0 Å². The number of hydrogen-bond acceptors (Lipinski definition) is 5. The Morgan fingerprint density at radius 2 is 2.04 bits per heavy atom. The van der Waals surface area contributed by atoms with Crippen LogP contribution < -0.4 is 15.0 Å². The van der Waals surface area contributed by atoms with Crippen molar-refractivity contribution in [2.45, 2.75) is 39.7 Å². The van der Waals surface area contributed by atoms with E-state index in [2.05, 4.69) is 27.3 Å². The smallest absolute Gasteiger partial charge is 0.276 e. The lowest BCUT2D eigenvalue weighted by Gasteiger charge is -2.31. The average molecular weight is 354 g/mol. The third kappa shape index (κ3) is 4.50. The van der Waals surface area contributed by atoms with Gasteiger partial charge in [-0.25, -0.2) is 0 Å². The molecule has 1 aliphatic heterocycles. The van der Waals surface area contributed by atoms with Gasteiger partial charge in [0.25, 0.3) is 5.91 Å². The van der Waals surface area contributed by atoms with Crippen LogP contribution in [0.15, 0.2) is 36.4 Å². The van der Waals surface area contributed by atoms with Crippen LogP contribution in [0.4, 0.5) is 11.5 Å². The minimum absolute atomic E-state index is 0.0269. The van der Waals surface area contributed by atoms with E-state index >= 15 is 0 Å². The Balaban J connectivity index is 1.69. The van der Waals surface area contributed by atoms with E-state index in [0.29, 0.717) is 17.4 Å². The number of para-hydroxylation sites is 2. The van der Waals surface area contributed by atoms with Gasteiger partial charge in [-0.05, 0) is 56.9 Å². The van der Waals surface area contributed by atoms with E-state index in [-0.39, 0.29) is 17.7 Å². The molecule has 0 radical (unpaired) electrons. The van der Waals surface area contributed by atoms with Gasteiger partial charge in [0.15, 0.2) is 11.5 Å². The van der Waals surface area contributed by atoms with Crippen LogP contribution in [-0.2, 0) is 0 Å². The summed E-state index contributed by atoms with van der Waals surface area (Å²) in [6, 6.07) is 11.0. The molecule has 1 atom stereocenters. The summed E-state index contributed by atoms with van der Waals surface area (Å²) < 4.78 is 5.73. The number of carbonyl (C=O) groups excluding carboxylic acids is 1. The van der Waals surface area contributed by atoms with Gasteiger partial charge in [0.2, 0.25) is 0 Å². The largest absolute Gasteiger partial charge is 0.489 e. The molecule has 1 amide bonds. The first-order valence-electron chi connectivity index (χ1n) is 9.18. The number of hydrogen-bond donors (Lipinski definition) is 1. The first-order valence-corrected chi connectivity index (χ1v) is 9.18. The number of nitrogens with zero attached hydrogens (tertiary/aromatic N) is 3. The van der Waals surface area contributed by atoms with Crippen LogP contribution in [0, 0.1) is 5.92 Å². The molecular weight excluding hydrogens is 328 g/mol. The van der Waals surface area contributed by atoms with Gasteiger partial charge in [-0.1, -0.05) is 19.1 Å². The highest BCUT2D eigenvalue weighted by Crippen LogP contribution is 2.25. The van der Waals surface area contributed by atoms with E-state index in [4.69, 9.17) is 4.74 Å². The van der Waals surface area contributed by atoms with Crippen LogP contribution in [0.2, 0.25) is 0 Å². The number of anilines is 2. The average Bonchev–Trinajstić information content (AvgIpc) is 2.63. The minimum Gasteiger partial charge on any atom is -0.489 e. The lowest BCUT2D eigenvalue weighted by molar-refractivity contribution is 0.102. The lowest BCUT2D eigenvalue weighted by Crippen LogP contribution is -2.35. The van der Waals surface area contributed by atoms with Crippen molar-refractivity contribution >= 4 is 17.4 Å². The van der Waals surface area contributed by atoms with Crippen LogP contribution in [0.25, 0.3) is 0 Å². The molecule has 1 aliphatic rings. The Hall–Kier alpha value is -2.63. The summed E-state index contributed by atoms with van der Waals surface area (Å²) in [5, 5.41) is 11.2. The van der Waals surface area contributed by atoms with Crippen molar-refractivity contribution < 1.29 is 9.53 Å². The fourth-order valence-corrected chi connectivity index (χ4v) is 3.13. The Morgan fingerprint density at radius 1 is 1.23 bits per heavy atom. The topological polar surface area (TPSA) is 67.4 Å². The highest BCUT2D eigenvalue weighted by molar-refractivity contribution is 6.03. The summed E-state index contributed by atoms with van der Waals surface area (Å²) >= 11 is 0. The molecule has 1 fully saturated rings. The lowest BCUT2D eigenvalue weighted by atomic mass is 10.0. The number of nitrogens with one attached hydrogen (secondary N) is 1. The van der Waals surface area contributed by atoms with Crippen LogP contribution in [0.5, 0.6) is 5.75 Å². The van der Waals surface area contributed by atoms with Crippen LogP contribution in [0.3, 0.4) is 0 Å². The molecule has 1 unspecified atom stereocenters. The zero-order chi connectivity index (χ0) is 18.5. The molecule has 1 aromatic carbocycles. The molecule has 2 aromatic rings. The number of carbonyl (C=O) groups is 1. The van der Waals surface area contributed by atoms with Crippen LogP contribution in [0.1, 0.15) is 44.1 Å². The summed E-state index contributed by atoms with van der Waals surface area (Å²) in [4.78, 5) is 14.7. The number of aromatic nitrogens is 2. The molecule has 1 N–H and O–H groups in total. The predicted octanol–water partition coefficient (Wildman–Crippen LogP) is 3.75. The molecule has 3 rings (SSSR count). The Morgan fingerprint density at radius 3 is 2.73 bits per heavy atom. The second kappa shape index (κ2) is 8.17. The summed E-state index contributed by atoms with van der Waals surface area (Å²) in [6.45, 7) is 8.12. The predicted molar refractivity (Wildman–Crippen MR) is 103 cm³/mol. The number of ether oxygens (including phenoxy) is 1. The standard InChI is InChI=1S/C20H26N4O2/c1-14(2)26-18-9-5-4-8-16(18)21-20(25)17-10-11-19(23-22-17)24-12-6-7-15(3)13-24/h4-5,8-11,14-15H,6-7,12-13H2,1-3H3,(H,21,25). The fraction of sp³-hybridized carbons (Fsp3) is 0.450. The Bertz CT molecular complexity index is 746. The molecule has 6 heteroatoms. The van der Waals surface area contributed by atoms with Gasteiger partial charge >= 0.3 is 0 Å². The zero-order valence-corrected chi connectivity index (χ0v) is 15.6. The van der Waals surface area contributed by atoms with Gasteiger partial charge in [-0.3, -0.25) is 4.79 Å². The summed E-state index contributed by atoms with van der Waals surface area (Å²) in [7, 11) is 0. The maximum absolute atomic E-state index is 12.5. The zero-order valence-electron chi connectivity index (χ0n) is 15.6. The maximum Gasteiger partial charge on any atom is 0.276 e. The molecule has 26 heavy (non-hydrogen) atoms. The van der Waals surface area contributed by atoms with E-state index in [0.717, 1.165) is 25.3 Å². The highest BCUT2D eigenvalue weighted by atomic mass is 16.5. The number of benzene rings is 1. The number of rotatable bonds is 5. The van der Waals surface area contributed by atoms with Gasteiger partial charge in [0, 0.05) is 13.1 Å². The van der Waals surface area contributed by atoms with Crippen LogP contribution >= 0.6 is 0 Å². The molecule has 1 saturated heterocycles. The highest BCUT2D eigenvalue weighted by Gasteiger charge is 2.19. The first-order chi connectivity index (χ1) is 12.5. The van der Waals surface area contributed by atoms with E-state index in [1.54, 1.807) is 6.07 Å². The molecule has 1 aromatic heterocycles. The maximum atomic E-state index is 12.5. The quantitative estimate of drug-likeness (QED) is 0.886. The normalized spacial score (nSPS) is 17.2. The first kappa shape index (κ1) is 18.2. The van der Waals surface area contributed by atoms with Gasteiger partial charge in [0.05, 0.1) is 11.8 Å². The summed E-state index contributed by atoms with van der Waals surface area (Å²) in [6.07, 6.45) is 2.44. The van der Waals surface area contributed by atoms with E-state index in [9.17, 15) is 4.79 Å². The third-order valence-electron chi connectivity index (χ3n) is 4.36. The fourth-order valence-electron chi connectivity index (χ4n) is 3.13. The molecule has 0 bridgehead atoms. The van der Waals surface area contributed by atoms with Crippen molar-refractivity contribution in [1.82, 2.24) is 10.2 Å². The summed E-state index contributed by atoms with van der Waals surface area (Å²) in [5.74, 6) is 1.83. The molecule has 0 saturated carbocycles. The molecule has 6 nitrogen and oxygen atoms in total. The second-order valence-corrected chi connectivity index (χ2v) is 7.09. The van der Waals surface area contributed by atoms with Crippen LogP contribution in [-0.4, -0.2) is 35.3 Å². The third-order valence-corrected chi connectivity index (χ3v) is 4.36. The van der Waals surface area contributed by atoms with Crippen molar-refractivity contribution in [2.24, 2.45) is 5.92 Å². The SMILES string of the molecule is CC1CCCN(c2ccc(C(=O)Nc3ccccc3OC(C)C)nn2)C1. The van der Waals surface area contributed by atoms with E-state index in [1.165, 1.54) is 6.42 Å². The van der Waals surface area contributed by atoms with Crippen molar-refractivity contribution in [3.8, 4) is 5.75 Å². The van der Waals surface area contributed by atoms with Crippen molar-refractivity contribution in [3.05, 3.63) is 42.1 Å². The van der Waals surface area contributed by atoms with E-state index in [1.807, 2.05) is 44.2 Å². The number of piperidine rings is 1. The van der Waals surface area contributed by atoms with Gasteiger partial charge < -0.3 is 15.0 Å². The van der Waals surface area contributed by atoms with Gasteiger partial charge in [-0.2, -0.15) is 0 Å². The summed E-state index contributed by atoms with van der Waals surface area (Å²) in [5.41, 5.74) is 0.917. The van der Waals surface area contributed by atoms with Crippen molar-refractivity contribution in [1.29, 1.82) is 0 Å². The minimum atomic E-state index is -0.295. The molecular formula is C20H26N4O2. The monoisotopic (exact) mass is 354 g/mol. The van der Waals surface area contributed by atoms with Crippen molar-refractivity contribution in [2.75, 3.05) is 23.3 Å². The molecule has 2 heterocycles. The molecule has 0 spiro atoms. The van der Waals surface area contributed by atoms with Gasteiger partial charge in [0.1, 0.15) is 5.75 Å². The Kier molecular flexibility index (Phi) is 5.71. The second-order valence-electron chi connectivity index (χ2n) is 7.09. The Labute approximate surface area is 154 Å².